The highest BCUT2D eigenvalue weighted by molar-refractivity contribution is 7.80. The monoisotopic (exact) mass is 453 g/mol. The zero-order valence-electron chi connectivity index (χ0n) is 16.6. The van der Waals surface area contributed by atoms with Crippen molar-refractivity contribution in [1.82, 2.24) is 16.2 Å². The molecule has 0 heterocycles. The lowest BCUT2D eigenvalue weighted by molar-refractivity contribution is -0.128. The summed E-state index contributed by atoms with van der Waals surface area (Å²) in [6, 6.07) is 20.5. The molecule has 0 aromatic heterocycles. The van der Waals surface area contributed by atoms with E-state index in [1.165, 1.54) is 6.08 Å². The minimum atomic E-state index is -0.781. The van der Waals surface area contributed by atoms with Crippen molar-refractivity contribution in [3.8, 4) is 5.75 Å². The number of ether oxygens (including phenoxy) is 1. The average molecular weight is 454 g/mol. The first kappa shape index (κ1) is 22.3. The molecule has 0 fully saturated rings. The van der Waals surface area contributed by atoms with Gasteiger partial charge in [-0.05, 0) is 65.8 Å². The number of amides is 2. The number of thiocarbonyl (C=S) groups is 1. The number of hydrazine groups is 1. The molecule has 158 valence electrons. The molecule has 0 aliphatic carbocycles. The lowest BCUT2D eigenvalue weighted by Gasteiger charge is -2.16. The molecule has 6 nitrogen and oxygen atoms in total. The van der Waals surface area contributed by atoms with Crippen LogP contribution in [0.5, 0.6) is 5.75 Å². The van der Waals surface area contributed by atoms with Gasteiger partial charge in [0.2, 0.25) is 5.91 Å². The summed E-state index contributed by atoms with van der Waals surface area (Å²) < 4.78 is 5.69. The number of hydrogen-bond acceptors (Lipinski definition) is 4. The fourth-order valence-electron chi connectivity index (χ4n) is 2.65. The molecule has 2 amide bonds. The van der Waals surface area contributed by atoms with Crippen LogP contribution in [0.15, 0.2) is 72.8 Å². The largest absolute Gasteiger partial charge is 0.481 e. The van der Waals surface area contributed by atoms with Gasteiger partial charge in [-0.1, -0.05) is 54.1 Å². The van der Waals surface area contributed by atoms with Gasteiger partial charge in [0.15, 0.2) is 11.2 Å². The SMILES string of the molecule is CC(Oc1ccc2ccccc2c1)C(=O)NNC(=S)NC(=O)/C=C/c1ccc(Cl)cc1. The number of rotatable bonds is 5. The van der Waals surface area contributed by atoms with Crippen molar-refractivity contribution >= 4 is 57.6 Å². The van der Waals surface area contributed by atoms with Crippen molar-refractivity contribution in [3.05, 3.63) is 83.4 Å². The van der Waals surface area contributed by atoms with Crippen LogP contribution in [0, 0.1) is 0 Å². The topological polar surface area (TPSA) is 79.5 Å². The molecule has 3 aromatic carbocycles. The van der Waals surface area contributed by atoms with Crippen molar-refractivity contribution < 1.29 is 14.3 Å². The van der Waals surface area contributed by atoms with E-state index in [1.807, 2.05) is 36.4 Å². The Morgan fingerprint density at radius 1 is 1.00 bits per heavy atom. The van der Waals surface area contributed by atoms with Gasteiger partial charge in [0.05, 0.1) is 0 Å². The number of hydrogen-bond donors (Lipinski definition) is 3. The molecular weight excluding hydrogens is 434 g/mol. The van der Waals surface area contributed by atoms with Gasteiger partial charge in [-0.3, -0.25) is 25.8 Å². The van der Waals surface area contributed by atoms with Crippen molar-refractivity contribution in [2.75, 3.05) is 0 Å². The van der Waals surface area contributed by atoms with E-state index in [4.69, 9.17) is 28.6 Å². The Morgan fingerprint density at radius 2 is 1.71 bits per heavy atom. The van der Waals surface area contributed by atoms with Gasteiger partial charge in [0.1, 0.15) is 5.75 Å². The van der Waals surface area contributed by atoms with Crippen LogP contribution in [-0.4, -0.2) is 23.0 Å². The highest BCUT2D eigenvalue weighted by Gasteiger charge is 2.15. The molecule has 0 aliphatic rings. The van der Waals surface area contributed by atoms with E-state index in [2.05, 4.69) is 16.2 Å². The average Bonchev–Trinajstić information content (AvgIpc) is 2.77. The van der Waals surface area contributed by atoms with Gasteiger partial charge in [-0.25, -0.2) is 0 Å². The predicted molar refractivity (Wildman–Crippen MR) is 127 cm³/mol. The molecule has 0 bridgehead atoms. The van der Waals surface area contributed by atoms with Crippen LogP contribution < -0.4 is 20.9 Å². The molecule has 3 aromatic rings. The van der Waals surface area contributed by atoms with E-state index in [0.717, 1.165) is 16.3 Å². The van der Waals surface area contributed by atoms with Gasteiger partial charge in [-0.15, -0.1) is 0 Å². The Bertz CT molecular complexity index is 1130. The molecule has 3 rings (SSSR count). The Hall–Kier alpha value is -3.42. The number of carbonyl (C=O) groups is 2. The maximum absolute atomic E-state index is 12.2. The van der Waals surface area contributed by atoms with Crippen LogP contribution in [-0.2, 0) is 9.59 Å². The first-order valence-electron chi connectivity index (χ1n) is 9.40. The minimum absolute atomic E-state index is 0.0444. The summed E-state index contributed by atoms with van der Waals surface area (Å²) in [5.41, 5.74) is 5.71. The number of benzene rings is 3. The summed E-state index contributed by atoms with van der Waals surface area (Å²) in [7, 11) is 0. The van der Waals surface area contributed by atoms with Gasteiger partial charge < -0.3 is 4.74 Å². The first-order chi connectivity index (χ1) is 14.9. The molecule has 1 unspecified atom stereocenters. The minimum Gasteiger partial charge on any atom is -0.481 e. The highest BCUT2D eigenvalue weighted by atomic mass is 35.5. The number of halogens is 1. The molecule has 0 spiro atoms. The molecule has 0 aliphatic heterocycles. The summed E-state index contributed by atoms with van der Waals surface area (Å²) in [4.78, 5) is 24.2. The maximum atomic E-state index is 12.2. The third-order valence-electron chi connectivity index (χ3n) is 4.24. The summed E-state index contributed by atoms with van der Waals surface area (Å²) in [6.07, 6.45) is 2.16. The lowest BCUT2D eigenvalue weighted by Crippen LogP contribution is -2.51. The molecule has 0 saturated carbocycles. The second-order valence-corrected chi connectivity index (χ2v) is 7.43. The number of nitrogens with one attached hydrogen (secondary N) is 3. The van der Waals surface area contributed by atoms with E-state index in [9.17, 15) is 9.59 Å². The summed E-state index contributed by atoms with van der Waals surface area (Å²) in [5, 5.41) is 5.11. The summed E-state index contributed by atoms with van der Waals surface area (Å²) in [5.74, 6) is -0.312. The quantitative estimate of drug-likeness (QED) is 0.309. The van der Waals surface area contributed by atoms with E-state index in [1.54, 1.807) is 43.3 Å². The van der Waals surface area contributed by atoms with Crippen molar-refractivity contribution in [2.45, 2.75) is 13.0 Å². The van der Waals surface area contributed by atoms with Gasteiger partial charge in [0, 0.05) is 11.1 Å². The molecular formula is C23H20ClN3O3S. The Labute approximate surface area is 190 Å². The number of carbonyl (C=O) groups excluding carboxylic acids is 2. The van der Waals surface area contributed by atoms with E-state index in [0.29, 0.717) is 10.8 Å². The Kier molecular flexibility index (Phi) is 7.59. The molecule has 0 saturated heterocycles. The molecule has 0 radical (unpaired) electrons. The second-order valence-electron chi connectivity index (χ2n) is 6.59. The van der Waals surface area contributed by atoms with E-state index >= 15 is 0 Å². The Balaban J connectivity index is 1.44. The third-order valence-corrected chi connectivity index (χ3v) is 4.69. The standard InChI is InChI=1S/C23H20ClN3O3S/c1-15(30-20-12-9-17-4-2-3-5-18(17)14-20)22(29)26-27-23(31)25-21(28)13-8-16-6-10-19(24)11-7-16/h2-15H,1H3,(H,26,29)(H2,25,27,28,31)/b13-8+. The Morgan fingerprint density at radius 3 is 2.45 bits per heavy atom. The summed E-state index contributed by atoms with van der Waals surface area (Å²) >= 11 is 10.8. The third kappa shape index (κ3) is 6.80. The smallest absolute Gasteiger partial charge is 0.279 e. The van der Waals surface area contributed by atoms with Crippen molar-refractivity contribution in [3.63, 3.8) is 0 Å². The number of fused-ring (bicyclic) bond motifs is 1. The fraction of sp³-hybridized carbons (Fsp3) is 0.0870. The van der Waals surface area contributed by atoms with Crippen LogP contribution >= 0.6 is 23.8 Å². The summed E-state index contributed by atoms with van der Waals surface area (Å²) in [6.45, 7) is 1.61. The molecule has 8 heteroatoms. The fourth-order valence-corrected chi connectivity index (χ4v) is 2.93. The van der Waals surface area contributed by atoms with Crippen LogP contribution in [0.25, 0.3) is 16.8 Å². The van der Waals surface area contributed by atoms with Crippen LogP contribution in [0.4, 0.5) is 0 Å². The van der Waals surface area contributed by atoms with Crippen molar-refractivity contribution in [2.24, 2.45) is 0 Å². The zero-order chi connectivity index (χ0) is 22.2. The van der Waals surface area contributed by atoms with E-state index in [-0.39, 0.29) is 5.11 Å². The first-order valence-corrected chi connectivity index (χ1v) is 10.2. The van der Waals surface area contributed by atoms with E-state index < -0.39 is 17.9 Å². The van der Waals surface area contributed by atoms with Crippen LogP contribution in [0.2, 0.25) is 5.02 Å². The normalized spacial score (nSPS) is 11.7. The van der Waals surface area contributed by atoms with Crippen LogP contribution in [0.1, 0.15) is 12.5 Å². The predicted octanol–water partition coefficient (Wildman–Crippen LogP) is 4.00. The van der Waals surface area contributed by atoms with Gasteiger partial charge in [-0.2, -0.15) is 0 Å². The van der Waals surface area contributed by atoms with Gasteiger partial charge >= 0.3 is 0 Å². The highest BCUT2D eigenvalue weighted by Crippen LogP contribution is 2.21. The maximum Gasteiger partial charge on any atom is 0.279 e. The van der Waals surface area contributed by atoms with Crippen molar-refractivity contribution in [1.29, 1.82) is 0 Å². The van der Waals surface area contributed by atoms with Crippen LogP contribution in [0.3, 0.4) is 0 Å². The second kappa shape index (κ2) is 10.6. The molecule has 1 atom stereocenters. The molecule has 31 heavy (non-hydrogen) atoms. The molecule has 3 N–H and O–H groups in total. The lowest BCUT2D eigenvalue weighted by atomic mass is 10.1. The zero-order valence-corrected chi connectivity index (χ0v) is 18.2. The van der Waals surface area contributed by atoms with Gasteiger partial charge in [0.25, 0.3) is 5.91 Å².